The maximum Gasteiger partial charge on any atom is 0.254 e. The van der Waals surface area contributed by atoms with Crippen LogP contribution in [0.15, 0.2) is 42.7 Å². The van der Waals surface area contributed by atoms with E-state index >= 15 is 0 Å². The van der Waals surface area contributed by atoms with Gasteiger partial charge in [-0.15, -0.1) is 24.8 Å². The third-order valence-electron chi connectivity index (χ3n) is 5.45. The van der Waals surface area contributed by atoms with Crippen LogP contribution >= 0.6 is 24.8 Å². The van der Waals surface area contributed by atoms with Gasteiger partial charge in [0.1, 0.15) is 0 Å². The molecule has 2 aliphatic rings. The van der Waals surface area contributed by atoms with Gasteiger partial charge in [-0.05, 0) is 55.5 Å². The summed E-state index contributed by atoms with van der Waals surface area (Å²) in [5.74, 6) is 1.65. The standard InChI is InChI=1S/C19H24N4O.2ClH/c24-19(22-10-6-15-12-20-13-16(15)7-11-22)18-5-2-1-4-17(18)14-23-9-3-8-21-23;;/h1-5,8-9,15-16,20H,6-7,10-14H2;2*1H/t15-,16+;;. The Morgan fingerprint density at radius 2 is 1.77 bits per heavy atom. The third kappa shape index (κ3) is 4.40. The van der Waals surface area contributed by atoms with Crippen LogP contribution in [-0.2, 0) is 6.54 Å². The Balaban J connectivity index is 0.00000121. The van der Waals surface area contributed by atoms with E-state index in [0.717, 1.165) is 62.0 Å². The largest absolute Gasteiger partial charge is 0.339 e. The zero-order chi connectivity index (χ0) is 16.4. The molecule has 0 spiro atoms. The second-order valence-corrected chi connectivity index (χ2v) is 6.91. The second kappa shape index (κ2) is 9.40. The number of likely N-dealkylation sites (tertiary alicyclic amines) is 1. The van der Waals surface area contributed by atoms with Gasteiger partial charge in [0.15, 0.2) is 0 Å². The summed E-state index contributed by atoms with van der Waals surface area (Å²) in [7, 11) is 0. The molecule has 2 fully saturated rings. The maximum absolute atomic E-state index is 13.1. The van der Waals surface area contributed by atoms with Crippen LogP contribution in [0.2, 0.25) is 0 Å². The molecule has 1 amide bonds. The van der Waals surface area contributed by atoms with Gasteiger partial charge in [0.25, 0.3) is 5.91 Å². The van der Waals surface area contributed by atoms with E-state index in [1.807, 2.05) is 41.2 Å². The topological polar surface area (TPSA) is 50.2 Å². The fourth-order valence-corrected chi connectivity index (χ4v) is 4.03. The molecule has 2 aliphatic heterocycles. The monoisotopic (exact) mass is 396 g/mol. The Morgan fingerprint density at radius 1 is 1.08 bits per heavy atom. The van der Waals surface area contributed by atoms with E-state index in [4.69, 9.17) is 0 Å². The number of carbonyl (C=O) groups is 1. The number of nitrogens with zero attached hydrogens (tertiary/aromatic N) is 3. The molecule has 7 heteroatoms. The zero-order valence-corrected chi connectivity index (χ0v) is 16.3. The molecule has 0 bridgehead atoms. The molecule has 1 aromatic carbocycles. The van der Waals surface area contributed by atoms with E-state index in [1.54, 1.807) is 6.20 Å². The van der Waals surface area contributed by atoms with Gasteiger partial charge in [0.05, 0.1) is 6.54 Å². The number of carbonyl (C=O) groups excluding carboxylic acids is 1. The highest BCUT2D eigenvalue weighted by Gasteiger charge is 2.32. The molecule has 142 valence electrons. The summed E-state index contributed by atoms with van der Waals surface area (Å²) in [6.07, 6.45) is 5.93. The van der Waals surface area contributed by atoms with E-state index in [1.165, 1.54) is 0 Å². The van der Waals surface area contributed by atoms with Crippen molar-refractivity contribution in [1.82, 2.24) is 20.0 Å². The zero-order valence-electron chi connectivity index (χ0n) is 14.7. The third-order valence-corrected chi connectivity index (χ3v) is 5.45. The Bertz CT molecular complexity index is 693. The summed E-state index contributed by atoms with van der Waals surface area (Å²) in [5, 5.41) is 7.75. The summed E-state index contributed by atoms with van der Waals surface area (Å²) in [4.78, 5) is 15.2. The molecule has 3 heterocycles. The number of fused-ring (bicyclic) bond motifs is 1. The summed E-state index contributed by atoms with van der Waals surface area (Å²) in [6, 6.07) is 9.84. The van der Waals surface area contributed by atoms with Crippen LogP contribution in [0, 0.1) is 11.8 Å². The Labute approximate surface area is 167 Å². The molecule has 4 rings (SSSR count). The van der Waals surface area contributed by atoms with Gasteiger partial charge >= 0.3 is 0 Å². The first-order chi connectivity index (χ1) is 11.8. The lowest BCUT2D eigenvalue weighted by Gasteiger charge is -2.22. The minimum Gasteiger partial charge on any atom is -0.339 e. The minimum absolute atomic E-state index is 0. The fraction of sp³-hybridized carbons (Fsp3) is 0.474. The molecular formula is C19H26Cl2N4O. The van der Waals surface area contributed by atoms with Crippen LogP contribution < -0.4 is 5.32 Å². The fourth-order valence-electron chi connectivity index (χ4n) is 4.03. The van der Waals surface area contributed by atoms with Crippen LogP contribution in [0.3, 0.4) is 0 Å². The molecule has 0 radical (unpaired) electrons. The molecule has 2 saturated heterocycles. The van der Waals surface area contributed by atoms with Crippen LogP contribution in [0.25, 0.3) is 0 Å². The molecule has 0 saturated carbocycles. The van der Waals surface area contributed by atoms with Crippen molar-refractivity contribution in [3.05, 3.63) is 53.9 Å². The predicted molar refractivity (Wildman–Crippen MR) is 107 cm³/mol. The number of amides is 1. The summed E-state index contributed by atoms with van der Waals surface area (Å²) >= 11 is 0. The average molecular weight is 397 g/mol. The molecule has 1 N–H and O–H groups in total. The van der Waals surface area contributed by atoms with E-state index in [2.05, 4.69) is 15.3 Å². The molecule has 26 heavy (non-hydrogen) atoms. The van der Waals surface area contributed by atoms with Crippen molar-refractivity contribution in [1.29, 1.82) is 0 Å². The summed E-state index contributed by atoms with van der Waals surface area (Å²) in [5.41, 5.74) is 1.86. The maximum atomic E-state index is 13.1. The SMILES string of the molecule is Cl.Cl.O=C(c1ccccc1Cn1cccn1)N1CC[C@@H]2CNC[C@@H]2CC1. The number of rotatable bonds is 3. The number of hydrogen-bond acceptors (Lipinski definition) is 3. The number of aromatic nitrogens is 2. The number of nitrogens with one attached hydrogen (secondary N) is 1. The van der Waals surface area contributed by atoms with Crippen molar-refractivity contribution in [2.24, 2.45) is 11.8 Å². The van der Waals surface area contributed by atoms with E-state index in [9.17, 15) is 4.79 Å². The highest BCUT2D eigenvalue weighted by atomic mass is 35.5. The first kappa shape index (κ1) is 20.7. The Kier molecular flexibility index (Phi) is 7.50. The lowest BCUT2D eigenvalue weighted by Crippen LogP contribution is -2.33. The van der Waals surface area contributed by atoms with Gasteiger partial charge in [-0.1, -0.05) is 18.2 Å². The first-order valence-corrected chi connectivity index (χ1v) is 8.86. The van der Waals surface area contributed by atoms with Crippen molar-refractivity contribution in [3.8, 4) is 0 Å². The lowest BCUT2D eigenvalue weighted by molar-refractivity contribution is 0.0757. The quantitative estimate of drug-likeness (QED) is 0.867. The summed E-state index contributed by atoms with van der Waals surface area (Å²) < 4.78 is 1.87. The van der Waals surface area contributed by atoms with E-state index in [-0.39, 0.29) is 30.7 Å². The van der Waals surface area contributed by atoms with Crippen molar-refractivity contribution < 1.29 is 4.79 Å². The highest BCUT2D eigenvalue weighted by molar-refractivity contribution is 5.95. The molecule has 0 aliphatic carbocycles. The normalized spacial score (nSPS) is 21.9. The molecule has 2 atom stereocenters. The Morgan fingerprint density at radius 3 is 2.42 bits per heavy atom. The minimum atomic E-state index is 0. The van der Waals surface area contributed by atoms with Gasteiger partial charge in [0.2, 0.25) is 0 Å². The van der Waals surface area contributed by atoms with Crippen molar-refractivity contribution in [2.45, 2.75) is 19.4 Å². The average Bonchev–Trinajstić information content (AvgIpc) is 3.24. The first-order valence-electron chi connectivity index (χ1n) is 8.86. The van der Waals surface area contributed by atoms with Crippen LogP contribution in [0.5, 0.6) is 0 Å². The second-order valence-electron chi connectivity index (χ2n) is 6.91. The van der Waals surface area contributed by atoms with Crippen LogP contribution in [0.4, 0.5) is 0 Å². The van der Waals surface area contributed by atoms with Crippen molar-refractivity contribution >= 4 is 30.7 Å². The smallest absolute Gasteiger partial charge is 0.254 e. The Hall–Kier alpha value is -1.56. The molecule has 1 aromatic heterocycles. The number of benzene rings is 1. The number of halogens is 2. The molecule has 0 unspecified atom stereocenters. The summed E-state index contributed by atoms with van der Waals surface area (Å²) in [6.45, 7) is 4.61. The highest BCUT2D eigenvalue weighted by Crippen LogP contribution is 2.28. The van der Waals surface area contributed by atoms with Crippen molar-refractivity contribution in [3.63, 3.8) is 0 Å². The van der Waals surface area contributed by atoms with Gasteiger partial charge in [-0.25, -0.2) is 0 Å². The van der Waals surface area contributed by atoms with Gasteiger partial charge in [-0.3, -0.25) is 9.48 Å². The molecule has 5 nitrogen and oxygen atoms in total. The van der Waals surface area contributed by atoms with Gasteiger partial charge in [0, 0.05) is 31.0 Å². The number of hydrogen-bond donors (Lipinski definition) is 1. The van der Waals surface area contributed by atoms with Crippen LogP contribution in [-0.4, -0.2) is 46.8 Å². The van der Waals surface area contributed by atoms with E-state index < -0.39 is 0 Å². The lowest BCUT2D eigenvalue weighted by atomic mass is 9.92. The van der Waals surface area contributed by atoms with Gasteiger partial charge < -0.3 is 10.2 Å². The molecular weight excluding hydrogens is 371 g/mol. The van der Waals surface area contributed by atoms with Crippen molar-refractivity contribution in [2.75, 3.05) is 26.2 Å². The van der Waals surface area contributed by atoms with Crippen LogP contribution in [0.1, 0.15) is 28.8 Å². The molecule has 2 aromatic rings. The van der Waals surface area contributed by atoms with E-state index in [0.29, 0.717) is 6.54 Å². The predicted octanol–water partition coefficient (Wildman–Crippen LogP) is 2.85. The van der Waals surface area contributed by atoms with Gasteiger partial charge in [-0.2, -0.15) is 5.10 Å².